The normalized spacial score (nSPS) is 11.9. The van der Waals surface area contributed by atoms with Crippen LogP contribution in [-0.2, 0) is 6.42 Å². The van der Waals surface area contributed by atoms with E-state index >= 15 is 0 Å². The zero-order valence-electron chi connectivity index (χ0n) is 11.2. The number of hydrogen-bond donors (Lipinski definition) is 1. The highest BCUT2D eigenvalue weighted by Crippen LogP contribution is 2.22. The molecular weight excluding hydrogens is 278 g/mol. The summed E-state index contributed by atoms with van der Waals surface area (Å²) in [5, 5.41) is 11.6. The van der Waals surface area contributed by atoms with E-state index in [2.05, 4.69) is 5.32 Å². The third kappa shape index (κ3) is 3.14. The lowest BCUT2D eigenvalue weighted by Crippen LogP contribution is -2.18. The van der Waals surface area contributed by atoms with Gasteiger partial charge in [-0.05, 0) is 38.1 Å². The first-order valence-corrected chi connectivity index (χ1v) is 7.03. The monoisotopic (exact) mass is 292 g/mol. The maximum Gasteiger partial charge on any atom is 0.183 e. The average Bonchev–Trinajstić information content (AvgIpc) is 2.80. The van der Waals surface area contributed by atoms with Crippen molar-refractivity contribution in [1.29, 1.82) is 5.26 Å². The summed E-state index contributed by atoms with van der Waals surface area (Å²) in [6.07, 6.45) is 0.736. The molecule has 0 spiro atoms. The van der Waals surface area contributed by atoms with Gasteiger partial charge in [0.25, 0.3) is 0 Å². The smallest absolute Gasteiger partial charge is 0.183 e. The van der Waals surface area contributed by atoms with Crippen molar-refractivity contribution in [3.05, 3.63) is 51.2 Å². The Morgan fingerprint density at radius 1 is 1.25 bits per heavy atom. The summed E-state index contributed by atoms with van der Waals surface area (Å²) in [6.45, 7) is 3.94. The lowest BCUT2D eigenvalue weighted by atomic mass is 10.1. The first-order chi connectivity index (χ1) is 9.51. The number of anilines is 1. The van der Waals surface area contributed by atoms with Gasteiger partial charge in [0.15, 0.2) is 11.6 Å². The van der Waals surface area contributed by atoms with E-state index in [4.69, 9.17) is 5.26 Å². The van der Waals surface area contributed by atoms with Crippen molar-refractivity contribution < 1.29 is 8.78 Å². The number of nitrogens with one attached hydrogen (secondary N) is 1. The van der Waals surface area contributed by atoms with Gasteiger partial charge >= 0.3 is 0 Å². The van der Waals surface area contributed by atoms with Gasteiger partial charge in [-0.15, -0.1) is 11.3 Å². The molecule has 1 atom stereocenters. The molecule has 0 aliphatic heterocycles. The van der Waals surface area contributed by atoms with Crippen molar-refractivity contribution in [1.82, 2.24) is 0 Å². The van der Waals surface area contributed by atoms with Gasteiger partial charge in [-0.2, -0.15) is 5.26 Å². The molecule has 104 valence electrons. The van der Waals surface area contributed by atoms with Crippen LogP contribution >= 0.6 is 11.3 Å². The minimum Gasteiger partial charge on any atom is -0.380 e. The van der Waals surface area contributed by atoms with E-state index in [1.807, 2.05) is 26.0 Å². The van der Waals surface area contributed by atoms with Crippen LogP contribution in [0.25, 0.3) is 0 Å². The second-order valence-electron chi connectivity index (χ2n) is 4.66. The van der Waals surface area contributed by atoms with Crippen molar-refractivity contribution in [2.24, 2.45) is 0 Å². The van der Waals surface area contributed by atoms with E-state index in [1.54, 1.807) is 17.4 Å². The van der Waals surface area contributed by atoms with E-state index in [1.165, 1.54) is 21.9 Å². The molecule has 5 heteroatoms. The third-order valence-corrected chi connectivity index (χ3v) is 3.93. The second kappa shape index (κ2) is 6.02. The molecule has 0 saturated heterocycles. The van der Waals surface area contributed by atoms with Gasteiger partial charge < -0.3 is 5.32 Å². The number of rotatable bonds is 4. The van der Waals surface area contributed by atoms with Crippen molar-refractivity contribution >= 4 is 17.0 Å². The summed E-state index contributed by atoms with van der Waals surface area (Å²) in [6, 6.07) is 8.33. The zero-order chi connectivity index (χ0) is 14.7. The molecule has 20 heavy (non-hydrogen) atoms. The molecule has 0 bridgehead atoms. The topological polar surface area (TPSA) is 35.8 Å². The summed E-state index contributed by atoms with van der Waals surface area (Å²) in [7, 11) is 0. The van der Waals surface area contributed by atoms with Gasteiger partial charge in [-0.25, -0.2) is 8.78 Å². The third-order valence-electron chi connectivity index (χ3n) is 2.91. The molecule has 1 unspecified atom stereocenters. The molecule has 0 aliphatic rings. The molecule has 0 aliphatic carbocycles. The lowest BCUT2D eigenvalue weighted by Gasteiger charge is -2.15. The number of nitriles is 1. The maximum atomic E-state index is 13.8. The van der Waals surface area contributed by atoms with E-state index < -0.39 is 11.6 Å². The van der Waals surface area contributed by atoms with Gasteiger partial charge in [0, 0.05) is 22.2 Å². The van der Waals surface area contributed by atoms with Crippen LogP contribution in [0.15, 0.2) is 24.3 Å². The van der Waals surface area contributed by atoms with E-state index in [9.17, 15) is 8.78 Å². The first-order valence-electron chi connectivity index (χ1n) is 6.21. The largest absolute Gasteiger partial charge is 0.380 e. The van der Waals surface area contributed by atoms with Gasteiger partial charge in [-0.1, -0.05) is 0 Å². The standard InChI is InChI=1S/C15H14F2N2S/c1-9(7-12-5-3-10(2)20-12)19-13-6-4-11(8-18)14(16)15(13)17/h3-6,9,19H,7H2,1-2H3. The van der Waals surface area contributed by atoms with E-state index in [0.717, 1.165) is 6.42 Å². The van der Waals surface area contributed by atoms with Crippen molar-refractivity contribution in [3.63, 3.8) is 0 Å². The SMILES string of the molecule is Cc1ccc(CC(C)Nc2ccc(C#N)c(F)c2F)s1. The lowest BCUT2D eigenvalue weighted by molar-refractivity contribution is 0.507. The molecule has 1 heterocycles. The van der Waals surface area contributed by atoms with Crippen LogP contribution in [-0.4, -0.2) is 6.04 Å². The van der Waals surface area contributed by atoms with E-state index in [-0.39, 0.29) is 17.3 Å². The highest BCUT2D eigenvalue weighted by atomic mass is 32.1. The Morgan fingerprint density at radius 3 is 2.60 bits per heavy atom. The Hall–Kier alpha value is -1.93. The van der Waals surface area contributed by atoms with Crippen LogP contribution < -0.4 is 5.32 Å². The minimum absolute atomic E-state index is 0.0325. The van der Waals surface area contributed by atoms with E-state index in [0.29, 0.717) is 0 Å². The number of halogens is 2. The number of benzene rings is 1. The number of thiophene rings is 1. The number of nitrogens with zero attached hydrogens (tertiary/aromatic N) is 1. The van der Waals surface area contributed by atoms with Crippen molar-refractivity contribution in [3.8, 4) is 6.07 Å². The zero-order valence-corrected chi connectivity index (χ0v) is 12.0. The summed E-state index contributed by atoms with van der Waals surface area (Å²) in [4.78, 5) is 2.42. The molecule has 2 aromatic rings. The van der Waals surface area contributed by atoms with Crippen LogP contribution in [0.2, 0.25) is 0 Å². The fourth-order valence-corrected chi connectivity index (χ4v) is 2.98. The molecule has 0 amide bonds. The average molecular weight is 292 g/mol. The van der Waals surface area contributed by atoms with Gasteiger partial charge in [0.05, 0.1) is 11.3 Å². The number of aryl methyl sites for hydroxylation is 1. The molecule has 1 N–H and O–H groups in total. The highest BCUT2D eigenvalue weighted by molar-refractivity contribution is 7.11. The minimum atomic E-state index is -1.10. The molecule has 0 radical (unpaired) electrons. The van der Waals surface area contributed by atoms with Crippen molar-refractivity contribution in [2.75, 3.05) is 5.32 Å². The van der Waals surface area contributed by atoms with Crippen LogP contribution in [0.5, 0.6) is 0 Å². The van der Waals surface area contributed by atoms with Gasteiger partial charge in [-0.3, -0.25) is 0 Å². The van der Waals surface area contributed by atoms with Crippen LogP contribution in [0, 0.1) is 29.9 Å². The summed E-state index contributed by atoms with van der Waals surface area (Å²) in [5.74, 6) is -2.10. The Labute approximate surface area is 120 Å². The van der Waals surface area contributed by atoms with Crippen LogP contribution in [0.4, 0.5) is 14.5 Å². The highest BCUT2D eigenvalue weighted by Gasteiger charge is 2.15. The maximum absolute atomic E-state index is 13.8. The summed E-state index contributed by atoms with van der Waals surface area (Å²) in [5.41, 5.74) is -0.197. The van der Waals surface area contributed by atoms with Gasteiger partial charge in [0.1, 0.15) is 6.07 Å². The molecule has 0 fully saturated rings. The van der Waals surface area contributed by atoms with Crippen molar-refractivity contribution in [2.45, 2.75) is 26.3 Å². The summed E-state index contributed by atoms with van der Waals surface area (Å²) >= 11 is 1.69. The molecule has 1 aromatic heterocycles. The van der Waals surface area contributed by atoms with Crippen LogP contribution in [0.1, 0.15) is 22.2 Å². The Bertz CT molecular complexity index is 658. The Balaban J connectivity index is 2.10. The van der Waals surface area contributed by atoms with Gasteiger partial charge in [0.2, 0.25) is 0 Å². The number of hydrogen-bond acceptors (Lipinski definition) is 3. The molecule has 0 saturated carbocycles. The second-order valence-corrected chi connectivity index (χ2v) is 6.03. The Morgan fingerprint density at radius 2 is 2.00 bits per heavy atom. The molecule has 2 rings (SSSR count). The fraction of sp³-hybridized carbons (Fsp3) is 0.267. The fourth-order valence-electron chi connectivity index (χ4n) is 1.96. The predicted octanol–water partition coefficient (Wildman–Crippen LogP) is 4.25. The molecule has 1 aromatic carbocycles. The quantitative estimate of drug-likeness (QED) is 0.914. The molecule has 2 nitrogen and oxygen atoms in total. The van der Waals surface area contributed by atoms with Crippen LogP contribution in [0.3, 0.4) is 0 Å². The predicted molar refractivity (Wildman–Crippen MR) is 76.9 cm³/mol. The molecular formula is C15H14F2N2S. The summed E-state index contributed by atoms with van der Waals surface area (Å²) < 4.78 is 27.3. The Kier molecular flexibility index (Phi) is 4.35. The first kappa shape index (κ1) is 14.5.